The number of nitrogens with zero attached hydrogens (tertiary/aromatic N) is 1. The van der Waals surface area contributed by atoms with E-state index in [0.29, 0.717) is 40.4 Å². The average Bonchev–Trinajstić information content (AvgIpc) is 2.86. The van der Waals surface area contributed by atoms with Crippen LogP contribution in [0.25, 0.3) is 0 Å². The molecule has 0 saturated carbocycles. The number of carbonyl (C=O) groups excluding carboxylic acids is 3. The highest BCUT2D eigenvalue weighted by molar-refractivity contribution is 9.10. The molecule has 6 nitrogen and oxygen atoms in total. The van der Waals surface area contributed by atoms with Gasteiger partial charge in [0.25, 0.3) is 5.91 Å². The largest absolute Gasteiger partial charge is 0.483 e. The van der Waals surface area contributed by atoms with E-state index in [1.807, 2.05) is 19.2 Å². The Morgan fingerprint density at radius 1 is 1.00 bits per heavy atom. The summed E-state index contributed by atoms with van der Waals surface area (Å²) in [6.45, 7) is -0.219. The molecule has 5 rings (SSSR count). The van der Waals surface area contributed by atoms with Crippen LogP contribution < -0.4 is 10.1 Å². The maximum absolute atomic E-state index is 13.3. The van der Waals surface area contributed by atoms with Gasteiger partial charge < -0.3 is 15.0 Å². The molecule has 0 unspecified atom stereocenters. The molecule has 186 valence electrons. The predicted molar refractivity (Wildman–Crippen MR) is 142 cm³/mol. The summed E-state index contributed by atoms with van der Waals surface area (Å²) in [5, 5.41) is 3.38. The minimum atomic E-state index is -0.501. The van der Waals surface area contributed by atoms with Crippen LogP contribution in [0.2, 0.25) is 5.02 Å². The van der Waals surface area contributed by atoms with Gasteiger partial charge in [-0.1, -0.05) is 27.5 Å². The summed E-state index contributed by atoms with van der Waals surface area (Å²) in [5.74, 6) is -0.196. The lowest BCUT2D eigenvalue weighted by Crippen LogP contribution is -2.37. The van der Waals surface area contributed by atoms with Gasteiger partial charge in [0.2, 0.25) is 0 Å². The van der Waals surface area contributed by atoms with Gasteiger partial charge in [0, 0.05) is 69.1 Å². The molecule has 0 fully saturated rings. The van der Waals surface area contributed by atoms with Crippen LogP contribution in [-0.4, -0.2) is 36.0 Å². The zero-order valence-electron chi connectivity index (χ0n) is 19.9. The molecule has 1 N–H and O–H groups in total. The summed E-state index contributed by atoms with van der Waals surface area (Å²) in [5.41, 5.74) is 4.71. The van der Waals surface area contributed by atoms with Crippen LogP contribution in [0.5, 0.6) is 5.75 Å². The number of Topliss-reactive ketones (excluding diaryl/α,β-unsaturated/α-hetero) is 2. The zero-order chi connectivity index (χ0) is 25.4. The van der Waals surface area contributed by atoms with Crippen molar-refractivity contribution in [3.8, 4) is 5.75 Å². The second kappa shape index (κ2) is 10.2. The van der Waals surface area contributed by atoms with E-state index in [2.05, 4.69) is 26.1 Å². The Bertz CT molecular complexity index is 1270. The van der Waals surface area contributed by atoms with Crippen LogP contribution in [0.15, 0.2) is 69.5 Å². The molecule has 36 heavy (non-hydrogen) atoms. The molecule has 0 atom stereocenters. The third-order valence-electron chi connectivity index (χ3n) is 7.01. The Kier molecular flexibility index (Phi) is 7.04. The number of carbonyl (C=O) groups is 3. The normalized spacial score (nSPS) is 18.2. The van der Waals surface area contributed by atoms with E-state index in [0.717, 1.165) is 47.1 Å². The van der Waals surface area contributed by atoms with Crippen LogP contribution in [-0.2, 0) is 14.4 Å². The summed E-state index contributed by atoms with van der Waals surface area (Å²) in [4.78, 5) is 41.3. The van der Waals surface area contributed by atoms with E-state index in [-0.39, 0.29) is 24.1 Å². The van der Waals surface area contributed by atoms with Crippen molar-refractivity contribution in [1.29, 1.82) is 0 Å². The molecule has 0 spiro atoms. The number of anilines is 1. The fourth-order valence-electron chi connectivity index (χ4n) is 5.41. The summed E-state index contributed by atoms with van der Waals surface area (Å²) in [6, 6.07) is 12.4. The maximum Gasteiger partial charge on any atom is 0.262 e. The number of halogens is 2. The van der Waals surface area contributed by atoms with Gasteiger partial charge in [0.1, 0.15) is 5.75 Å². The first-order chi connectivity index (χ1) is 17.3. The first-order valence-electron chi connectivity index (χ1n) is 12.1. The van der Waals surface area contributed by atoms with Gasteiger partial charge in [-0.25, -0.2) is 0 Å². The number of ether oxygens (including phenoxy) is 1. The number of allylic oxidation sites excluding steroid dienone is 4. The van der Waals surface area contributed by atoms with Gasteiger partial charge in [-0.3, -0.25) is 14.4 Å². The maximum atomic E-state index is 13.3. The predicted octanol–water partition coefficient (Wildman–Crippen LogP) is 6.16. The van der Waals surface area contributed by atoms with E-state index >= 15 is 0 Å². The van der Waals surface area contributed by atoms with Crippen LogP contribution in [0, 0.1) is 0 Å². The average molecular weight is 570 g/mol. The van der Waals surface area contributed by atoms with Crippen molar-refractivity contribution >= 4 is 50.7 Å². The Morgan fingerprint density at radius 3 is 2.22 bits per heavy atom. The summed E-state index contributed by atoms with van der Waals surface area (Å²) < 4.78 is 6.83. The van der Waals surface area contributed by atoms with Crippen LogP contribution in [0.1, 0.15) is 50.0 Å². The number of hydrogen-bond acceptors (Lipinski definition) is 5. The molecule has 2 aromatic carbocycles. The van der Waals surface area contributed by atoms with Crippen molar-refractivity contribution in [2.75, 3.05) is 19.0 Å². The van der Waals surface area contributed by atoms with Gasteiger partial charge in [-0.2, -0.15) is 0 Å². The fourth-order valence-corrected chi connectivity index (χ4v) is 5.92. The number of nitrogens with one attached hydrogen (secondary N) is 1. The number of hydrogen-bond donors (Lipinski definition) is 1. The van der Waals surface area contributed by atoms with Gasteiger partial charge in [0.15, 0.2) is 18.2 Å². The summed E-state index contributed by atoms with van der Waals surface area (Å²) in [6.07, 6.45) is 4.14. The van der Waals surface area contributed by atoms with E-state index in [4.69, 9.17) is 16.3 Å². The first kappa shape index (κ1) is 24.8. The standard InChI is InChI=1S/C28H26BrClN2O4/c1-32-20-4-2-6-22(33)27(20)26(28-21(32)5-3-7-23(28)34)19-14-16(29)8-13-24(19)36-15-25(35)31-18-11-9-17(30)10-12-18/h8-14,26H,2-7,15H2,1H3,(H,31,35). The third-order valence-corrected chi connectivity index (χ3v) is 7.76. The molecule has 1 aliphatic heterocycles. The van der Waals surface area contributed by atoms with Crippen molar-refractivity contribution in [2.24, 2.45) is 0 Å². The van der Waals surface area contributed by atoms with E-state index in [9.17, 15) is 14.4 Å². The summed E-state index contributed by atoms with van der Waals surface area (Å²) >= 11 is 9.47. The Labute approximate surface area is 223 Å². The van der Waals surface area contributed by atoms with Crippen molar-refractivity contribution in [3.63, 3.8) is 0 Å². The van der Waals surface area contributed by atoms with Crippen molar-refractivity contribution in [3.05, 3.63) is 80.1 Å². The Balaban J connectivity index is 1.51. The molecule has 1 heterocycles. The van der Waals surface area contributed by atoms with Gasteiger partial charge in [-0.15, -0.1) is 0 Å². The van der Waals surface area contributed by atoms with Crippen LogP contribution in [0.4, 0.5) is 5.69 Å². The lowest BCUT2D eigenvalue weighted by atomic mass is 9.71. The van der Waals surface area contributed by atoms with E-state index < -0.39 is 5.92 Å². The van der Waals surface area contributed by atoms with Crippen molar-refractivity contribution in [2.45, 2.75) is 44.4 Å². The minimum Gasteiger partial charge on any atom is -0.483 e. The van der Waals surface area contributed by atoms with Gasteiger partial charge >= 0.3 is 0 Å². The van der Waals surface area contributed by atoms with Crippen molar-refractivity contribution in [1.82, 2.24) is 4.90 Å². The quantitative estimate of drug-likeness (QED) is 0.467. The van der Waals surface area contributed by atoms with E-state index in [1.54, 1.807) is 30.3 Å². The second-order valence-electron chi connectivity index (χ2n) is 9.29. The van der Waals surface area contributed by atoms with Crippen LogP contribution >= 0.6 is 27.5 Å². The Morgan fingerprint density at radius 2 is 1.61 bits per heavy atom. The van der Waals surface area contributed by atoms with Crippen LogP contribution in [0.3, 0.4) is 0 Å². The molecule has 2 aromatic rings. The number of rotatable bonds is 5. The fraction of sp³-hybridized carbons (Fsp3) is 0.321. The smallest absolute Gasteiger partial charge is 0.262 e. The number of ketones is 2. The first-order valence-corrected chi connectivity index (χ1v) is 13.2. The molecular weight excluding hydrogens is 544 g/mol. The molecule has 0 radical (unpaired) electrons. The topological polar surface area (TPSA) is 75.7 Å². The second-order valence-corrected chi connectivity index (χ2v) is 10.6. The highest BCUT2D eigenvalue weighted by Gasteiger charge is 2.43. The molecule has 1 amide bonds. The molecule has 0 aromatic heterocycles. The minimum absolute atomic E-state index is 0.0735. The lowest BCUT2D eigenvalue weighted by Gasteiger charge is -2.42. The molecule has 3 aliphatic rings. The van der Waals surface area contributed by atoms with Gasteiger partial charge in [-0.05, 0) is 68.1 Å². The van der Waals surface area contributed by atoms with E-state index in [1.165, 1.54) is 0 Å². The molecular formula is C28H26BrClN2O4. The molecule has 0 bridgehead atoms. The highest BCUT2D eigenvalue weighted by Crippen LogP contribution is 2.50. The Hall–Kier alpha value is -2.90. The molecule has 0 saturated heterocycles. The third kappa shape index (κ3) is 4.74. The SMILES string of the molecule is CN1C2=C(C(=O)CCC2)C(c2cc(Br)ccc2OCC(=O)Nc2ccc(Cl)cc2)C2=C1CCCC2=O. The number of amides is 1. The van der Waals surface area contributed by atoms with Crippen molar-refractivity contribution < 1.29 is 19.1 Å². The zero-order valence-corrected chi connectivity index (χ0v) is 22.2. The number of benzene rings is 2. The highest BCUT2D eigenvalue weighted by atomic mass is 79.9. The summed E-state index contributed by atoms with van der Waals surface area (Å²) in [7, 11) is 1.97. The lowest BCUT2D eigenvalue weighted by molar-refractivity contribution is -0.119. The van der Waals surface area contributed by atoms with Gasteiger partial charge in [0.05, 0.1) is 0 Å². The molecule has 8 heteroatoms. The molecule has 2 aliphatic carbocycles. The monoisotopic (exact) mass is 568 g/mol.